The largest absolute Gasteiger partial charge is 0.271 e. The summed E-state index contributed by atoms with van der Waals surface area (Å²) in [5.74, 6) is -0.575. The second-order valence-corrected chi connectivity index (χ2v) is 6.24. The maximum absolute atomic E-state index is 11.9. The number of nitrogens with one attached hydrogen (secondary N) is 1. The van der Waals surface area contributed by atoms with Gasteiger partial charge in [-0.3, -0.25) is 4.79 Å². The van der Waals surface area contributed by atoms with Gasteiger partial charge in [-0.1, -0.05) is 41.9 Å². The van der Waals surface area contributed by atoms with E-state index in [-0.39, 0.29) is 15.5 Å². The van der Waals surface area contributed by atoms with Gasteiger partial charge in [0.05, 0.1) is 11.2 Å². The minimum absolute atomic E-state index is 0.0492. The number of carbonyl (C=O) groups excluding carboxylic acids is 1. The van der Waals surface area contributed by atoms with Crippen LogP contribution in [0.5, 0.6) is 0 Å². The van der Waals surface area contributed by atoms with Crippen molar-refractivity contribution in [3.8, 4) is 0 Å². The Balaban J connectivity index is 2.15. The van der Waals surface area contributed by atoms with Crippen molar-refractivity contribution >= 4 is 33.7 Å². The third-order valence-corrected chi connectivity index (χ3v) is 4.07. The Morgan fingerprint density at radius 3 is 2.50 bits per heavy atom. The molecular formula is C14H12ClN3O3S. The molecule has 0 saturated heterocycles. The van der Waals surface area contributed by atoms with Crippen LogP contribution in [0.3, 0.4) is 0 Å². The predicted octanol–water partition coefficient (Wildman–Crippen LogP) is 1.75. The average molecular weight is 338 g/mol. The van der Waals surface area contributed by atoms with Crippen molar-refractivity contribution in [1.82, 2.24) is 5.43 Å². The van der Waals surface area contributed by atoms with E-state index in [1.165, 1.54) is 18.3 Å². The maximum Gasteiger partial charge on any atom is 0.271 e. The molecule has 114 valence electrons. The summed E-state index contributed by atoms with van der Waals surface area (Å²) in [5.41, 5.74) is 3.19. The molecule has 1 amide bonds. The first-order valence-corrected chi connectivity index (χ1v) is 8.01. The number of nitrogens with zero attached hydrogens (tertiary/aromatic N) is 1. The van der Waals surface area contributed by atoms with Gasteiger partial charge in [0.25, 0.3) is 5.91 Å². The SMILES string of the molecule is NS(=O)(=O)c1cc(C(=O)N/N=C\c2ccccc2)ccc1Cl. The molecule has 0 heterocycles. The summed E-state index contributed by atoms with van der Waals surface area (Å²) >= 11 is 5.75. The smallest absolute Gasteiger partial charge is 0.267 e. The molecule has 0 unspecified atom stereocenters. The molecule has 0 bridgehead atoms. The minimum Gasteiger partial charge on any atom is -0.267 e. The number of carbonyl (C=O) groups is 1. The fourth-order valence-electron chi connectivity index (χ4n) is 1.63. The molecule has 0 aliphatic rings. The molecule has 8 heteroatoms. The lowest BCUT2D eigenvalue weighted by Crippen LogP contribution is -2.19. The number of hydrogen-bond acceptors (Lipinski definition) is 4. The van der Waals surface area contributed by atoms with Crippen LogP contribution < -0.4 is 10.6 Å². The lowest BCUT2D eigenvalue weighted by Gasteiger charge is -2.04. The van der Waals surface area contributed by atoms with Gasteiger partial charge in [0.2, 0.25) is 10.0 Å². The highest BCUT2D eigenvalue weighted by Crippen LogP contribution is 2.21. The molecule has 0 radical (unpaired) electrons. The highest BCUT2D eigenvalue weighted by Gasteiger charge is 2.16. The summed E-state index contributed by atoms with van der Waals surface area (Å²) < 4.78 is 22.7. The second kappa shape index (κ2) is 6.69. The van der Waals surface area contributed by atoms with Gasteiger partial charge in [-0.2, -0.15) is 5.10 Å². The standard InChI is InChI=1S/C14H12ClN3O3S/c15-12-7-6-11(8-13(12)22(16,20)21)14(19)18-17-9-10-4-2-1-3-5-10/h1-9H,(H,18,19)(H2,16,20,21)/b17-9-. The van der Waals surface area contributed by atoms with Crippen molar-refractivity contribution in [2.75, 3.05) is 0 Å². The van der Waals surface area contributed by atoms with Crippen LogP contribution in [0.2, 0.25) is 5.02 Å². The van der Waals surface area contributed by atoms with Gasteiger partial charge in [0.15, 0.2) is 0 Å². The molecule has 22 heavy (non-hydrogen) atoms. The van der Waals surface area contributed by atoms with Crippen LogP contribution >= 0.6 is 11.6 Å². The normalized spacial score (nSPS) is 11.5. The topological polar surface area (TPSA) is 102 Å². The van der Waals surface area contributed by atoms with Crippen molar-refractivity contribution in [2.24, 2.45) is 10.2 Å². The summed E-state index contributed by atoms with van der Waals surface area (Å²) in [4.78, 5) is 11.6. The number of benzene rings is 2. The van der Waals surface area contributed by atoms with Gasteiger partial charge in [-0.25, -0.2) is 19.0 Å². The molecule has 3 N–H and O–H groups in total. The molecule has 0 aliphatic carbocycles. The van der Waals surface area contributed by atoms with Crippen LogP contribution in [-0.2, 0) is 10.0 Å². The molecule has 2 aromatic carbocycles. The Kier molecular flexibility index (Phi) is 4.92. The van der Waals surface area contributed by atoms with Crippen LogP contribution in [0.4, 0.5) is 0 Å². The first-order valence-electron chi connectivity index (χ1n) is 6.09. The predicted molar refractivity (Wildman–Crippen MR) is 84.3 cm³/mol. The molecule has 2 aromatic rings. The number of amides is 1. The van der Waals surface area contributed by atoms with Crippen LogP contribution in [0.1, 0.15) is 15.9 Å². The van der Waals surface area contributed by atoms with Crippen LogP contribution in [0.25, 0.3) is 0 Å². The van der Waals surface area contributed by atoms with E-state index in [1.807, 2.05) is 30.3 Å². The van der Waals surface area contributed by atoms with Crippen molar-refractivity contribution in [3.05, 3.63) is 64.7 Å². The van der Waals surface area contributed by atoms with Crippen LogP contribution in [-0.4, -0.2) is 20.5 Å². The number of nitrogens with two attached hydrogens (primary N) is 1. The molecule has 0 aromatic heterocycles. The minimum atomic E-state index is -4.00. The van der Waals surface area contributed by atoms with Gasteiger partial charge in [-0.15, -0.1) is 0 Å². The van der Waals surface area contributed by atoms with E-state index in [4.69, 9.17) is 16.7 Å². The number of primary sulfonamides is 1. The zero-order chi connectivity index (χ0) is 16.2. The van der Waals surface area contributed by atoms with Crippen molar-refractivity contribution in [3.63, 3.8) is 0 Å². The number of halogens is 1. The summed E-state index contributed by atoms with van der Waals surface area (Å²) in [6.07, 6.45) is 1.47. The highest BCUT2D eigenvalue weighted by molar-refractivity contribution is 7.89. The van der Waals surface area contributed by atoms with E-state index in [0.717, 1.165) is 11.6 Å². The monoisotopic (exact) mass is 337 g/mol. The molecule has 0 aliphatic heterocycles. The number of hydrazone groups is 1. The Hall–Kier alpha value is -2.22. The zero-order valence-electron chi connectivity index (χ0n) is 11.2. The third kappa shape index (κ3) is 4.14. The molecule has 0 fully saturated rings. The van der Waals surface area contributed by atoms with E-state index in [2.05, 4.69) is 10.5 Å². The summed E-state index contributed by atoms with van der Waals surface area (Å²) in [6, 6.07) is 12.9. The fourth-order valence-corrected chi connectivity index (χ4v) is 2.70. The molecule has 2 rings (SSSR count). The Morgan fingerprint density at radius 2 is 1.86 bits per heavy atom. The van der Waals surface area contributed by atoms with Gasteiger partial charge in [0, 0.05) is 5.56 Å². The van der Waals surface area contributed by atoms with E-state index in [1.54, 1.807) is 0 Å². The molecule has 0 spiro atoms. The molecule has 6 nitrogen and oxygen atoms in total. The third-order valence-electron chi connectivity index (χ3n) is 2.68. The van der Waals surface area contributed by atoms with E-state index >= 15 is 0 Å². The molecule has 0 atom stereocenters. The summed E-state index contributed by atoms with van der Waals surface area (Å²) in [5, 5.41) is 8.77. The first kappa shape index (κ1) is 16.2. The summed E-state index contributed by atoms with van der Waals surface area (Å²) in [7, 11) is -4.00. The number of hydrogen-bond donors (Lipinski definition) is 2. The van der Waals surface area contributed by atoms with Gasteiger partial charge in [0.1, 0.15) is 4.90 Å². The quantitative estimate of drug-likeness (QED) is 0.656. The van der Waals surface area contributed by atoms with Crippen LogP contribution in [0, 0.1) is 0 Å². The maximum atomic E-state index is 11.9. The zero-order valence-corrected chi connectivity index (χ0v) is 12.8. The van der Waals surface area contributed by atoms with Gasteiger partial charge >= 0.3 is 0 Å². The van der Waals surface area contributed by atoms with Gasteiger partial charge in [-0.05, 0) is 23.8 Å². The Labute approximate surface area is 132 Å². The Bertz CT molecular complexity index is 820. The number of sulfonamides is 1. The van der Waals surface area contributed by atoms with Crippen molar-refractivity contribution in [2.45, 2.75) is 4.90 Å². The second-order valence-electron chi connectivity index (χ2n) is 4.30. The lowest BCUT2D eigenvalue weighted by atomic mass is 10.2. The average Bonchev–Trinajstić information content (AvgIpc) is 2.47. The number of rotatable bonds is 4. The lowest BCUT2D eigenvalue weighted by molar-refractivity contribution is 0.0955. The first-order chi connectivity index (χ1) is 10.4. The van der Waals surface area contributed by atoms with E-state index < -0.39 is 15.9 Å². The molecular weight excluding hydrogens is 326 g/mol. The van der Waals surface area contributed by atoms with E-state index in [0.29, 0.717) is 0 Å². The fraction of sp³-hybridized carbons (Fsp3) is 0. The van der Waals surface area contributed by atoms with Crippen LogP contribution in [0.15, 0.2) is 58.5 Å². The summed E-state index contributed by atoms with van der Waals surface area (Å²) in [6.45, 7) is 0. The van der Waals surface area contributed by atoms with Crippen molar-refractivity contribution < 1.29 is 13.2 Å². The van der Waals surface area contributed by atoms with Crippen molar-refractivity contribution in [1.29, 1.82) is 0 Å². The highest BCUT2D eigenvalue weighted by atomic mass is 35.5. The van der Waals surface area contributed by atoms with E-state index in [9.17, 15) is 13.2 Å². The molecule has 0 saturated carbocycles. The van der Waals surface area contributed by atoms with Gasteiger partial charge < -0.3 is 0 Å². The Morgan fingerprint density at radius 1 is 1.18 bits per heavy atom.